The van der Waals surface area contributed by atoms with Crippen LogP contribution in [-0.2, 0) is 0 Å². The molecule has 0 aliphatic rings. The third-order valence-corrected chi connectivity index (χ3v) is 0.955. The first-order valence-corrected chi connectivity index (χ1v) is 3.62. The smallest absolute Gasteiger partial charge is 0.212 e. The van der Waals surface area contributed by atoms with Gasteiger partial charge in [0, 0.05) is 0 Å². The van der Waals surface area contributed by atoms with Crippen LogP contribution in [0.15, 0.2) is 25.1 Å². The van der Waals surface area contributed by atoms with Gasteiger partial charge in [-0.25, -0.2) is 13.2 Å². The zero-order valence-electron chi connectivity index (χ0n) is 7.80. The van der Waals surface area contributed by atoms with Crippen molar-refractivity contribution in [3.63, 3.8) is 0 Å². The Morgan fingerprint density at radius 1 is 1.12 bits per heavy atom. The lowest BCUT2D eigenvalue weighted by atomic mass is 10.3. The van der Waals surface area contributed by atoms with Gasteiger partial charge in [-0.2, -0.15) is 22.0 Å². The second-order valence-electron chi connectivity index (χ2n) is 2.49. The second-order valence-corrected chi connectivity index (χ2v) is 2.49. The van der Waals surface area contributed by atoms with Crippen molar-refractivity contribution < 1.29 is 35.1 Å². The predicted octanol–water partition coefficient (Wildman–Crippen LogP) is 4.49. The fraction of sp³-hybridized carbons (Fsp3) is 0.500. The standard InChI is InChI=1S/2C4H4F4/c1-3(5)2-4(6,7)8;1-2-4(7,8)3(5)6/h1-2H2;2-3H,1H2. The minimum atomic E-state index is -4.45. The molecule has 0 aromatic carbocycles. The lowest BCUT2D eigenvalue weighted by molar-refractivity contribution is -0.129. The number of allylic oxidation sites excluding steroid dienone is 2. The maximum absolute atomic E-state index is 11.4. The van der Waals surface area contributed by atoms with Crippen molar-refractivity contribution >= 4 is 0 Å². The molecule has 0 radical (unpaired) electrons. The number of hydrogen-bond acceptors (Lipinski definition) is 0. The SMILES string of the molecule is C=C(F)CC(F)(F)F.C=CC(F)(F)C(F)F. The Hall–Kier alpha value is -1.08. The minimum absolute atomic E-state index is 0.0718. The number of hydrogen-bond donors (Lipinski definition) is 0. The van der Waals surface area contributed by atoms with Gasteiger partial charge in [0.2, 0.25) is 0 Å². The highest BCUT2D eigenvalue weighted by atomic mass is 19.4. The summed E-state index contributed by atoms with van der Waals surface area (Å²) in [5, 5.41) is 0. The number of halogens is 8. The third-order valence-electron chi connectivity index (χ3n) is 0.955. The molecule has 16 heavy (non-hydrogen) atoms. The summed E-state index contributed by atoms with van der Waals surface area (Å²) in [6.07, 6.45) is -9.70. The molecule has 0 bridgehead atoms. The largest absolute Gasteiger partial charge is 0.395 e. The highest BCUT2D eigenvalue weighted by Crippen LogP contribution is 2.23. The fourth-order valence-electron chi connectivity index (χ4n) is 0.307. The summed E-state index contributed by atoms with van der Waals surface area (Å²) in [5.41, 5.74) is 0. The van der Waals surface area contributed by atoms with Crippen LogP contribution in [0.5, 0.6) is 0 Å². The van der Waals surface area contributed by atoms with Crippen molar-refractivity contribution in [2.24, 2.45) is 0 Å². The summed E-state index contributed by atoms with van der Waals surface area (Å²) >= 11 is 0. The Kier molecular flexibility index (Phi) is 7.03. The molecule has 0 aliphatic carbocycles. The summed E-state index contributed by atoms with van der Waals surface area (Å²) < 4.78 is 89.1. The molecule has 8 heteroatoms. The van der Waals surface area contributed by atoms with E-state index in [0.29, 0.717) is 0 Å². The summed E-state index contributed by atoms with van der Waals surface area (Å²) in [6, 6.07) is 0. The molecule has 0 rings (SSSR count). The van der Waals surface area contributed by atoms with Crippen LogP contribution in [-0.4, -0.2) is 18.5 Å². The molecular weight excluding hydrogens is 248 g/mol. The van der Waals surface area contributed by atoms with Crippen LogP contribution in [0.2, 0.25) is 0 Å². The Labute approximate surface area is 86.2 Å². The number of alkyl halides is 7. The molecule has 0 atom stereocenters. The molecular formula is C8H8F8. The van der Waals surface area contributed by atoms with E-state index in [1.54, 1.807) is 0 Å². The van der Waals surface area contributed by atoms with Gasteiger partial charge in [-0.15, -0.1) is 0 Å². The monoisotopic (exact) mass is 256 g/mol. The van der Waals surface area contributed by atoms with Crippen molar-refractivity contribution in [1.82, 2.24) is 0 Å². The zero-order valence-corrected chi connectivity index (χ0v) is 7.80. The molecule has 96 valence electrons. The van der Waals surface area contributed by atoms with Crippen LogP contribution in [0.4, 0.5) is 35.1 Å². The van der Waals surface area contributed by atoms with Crippen LogP contribution in [0.1, 0.15) is 6.42 Å². The molecule has 0 fully saturated rings. The van der Waals surface area contributed by atoms with Crippen molar-refractivity contribution in [3.8, 4) is 0 Å². The molecule has 0 aliphatic heterocycles. The molecule has 0 N–H and O–H groups in total. The van der Waals surface area contributed by atoms with Crippen molar-refractivity contribution in [2.75, 3.05) is 0 Å². The molecule has 0 aromatic rings. The average Bonchev–Trinajstić information content (AvgIpc) is 2.00. The normalized spacial score (nSPS) is 11.8. The van der Waals surface area contributed by atoms with Gasteiger partial charge in [-0.1, -0.05) is 13.2 Å². The molecule has 0 unspecified atom stereocenters. The zero-order chi connectivity index (χ0) is 13.6. The molecule has 0 nitrogen and oxygen atoms in total. The third kappa shape index (κ3) is 11.0. The lowest BCUT2D eigenvalue weighted by Crippen LogP contribution is -2.22. The summed E-state index contributed by atoms with van der Waals surface area (Å²) in [4.78, 5) is 0. The summed E-state index contributed by atoms with van der Waals surface area (Å²) in [7, 11) is 0. The highest BCUT2D eigenvalue weighted by Gasteiger charge is 2.36. The van der Waals surface area contributed by atoms with E-state index < -0.39 is 30.8 Å². The topological polar surface area (TPSA) is 0 Å². The Morgan fingerprint density at radius 3 is 1.50 bits per heavy atom. The average molecular weight is 256 g/mol. The Bertz CT molecular complexity index is 227. The molecule has 0 saturated carbocycles. The molecule has 0 amide bonds. The predicted molar refractivity (Wildman–Crippen MR) is 42.1 cm³/mol. The summed E-state index contributed by atoms with van der Waals surface area (Å²) in [6.45, 7) is 4.98. The van der Waals surface area contributed by atoms with Gasteiger partial charge in [0.1, 0.15) is 5.83 Å². The van der Waals surface area contributed by atoms with Gasteiger partial charge >= 0.3 is 18.5 Å². The van der Waals surface area contributed by atoms with E-state index in [4.69, 9.17) is 0 Å². The van der Waals surface area contributed by atoms with E-state index in [0.717, 1.165) is 0 Å². The van der Waals surface area contributed by atoms with Crippen LogP contribution in [0.25, 0.3) is 0 Å². The van der Waals surface area contributed by atoms with Crippen molar-refractivity contribution in [1.29, 1.82) is 0 Å². The van der Waals surface area contributed by atoms with Gasteiger partial charge in [0.05, 0.1) is 6.42 Å². The molecule has 0 saturated heterocycles. The molecule has 0 heterocycles. The summed E-state index contributed by atoms with van der Waals surface area (Å²) in [5.74, 6) is -5.38. The van der Waals surface area contributed by atoms with E-state index in [9.17, 15) is 35.1 Å². The van der Waals surface area contributed by atoms with E-state index in [1.807, 2.05) is 0 Å². The van der Waals surface area contributed by atoms with Crippen molar-refractivity contribution in [2.45, 2.75) is 24.9 Å². The Morgan fingerprint density at radius 2 is 1.50 bits per heavy atom. The van der Waals surface area contributed by atoms with E-state index in [1.165, 1.54) is 0 Å². The highest BCUT2D eigenvalue weighted by molar-refractivity contribution is 4.88. The first-order chi connectivity index (χ1) is 6.92. The van der Waals surface area contributed by atoms with Gasteiger partial charge in [-0.3, -0.25) is 0 Å². The van der Waals surface area contributed by atoms with Gasteiger partial charge in [0.15, 0.2) is 0 Å². The van der Waals surface area contributed by atoms with Crippen LogP contribution < -0.4 is 0 Å². The Balaban J connectivity index is 0. The van der Waals surface area contributed by atoms with Gasteiger partial charge in [0.25, 0.3) is 0 Å². The van der Waals surface area contributed by atoms with E-state index >= 15 is 0 Å². The first kappa shape index (κ1) is 17.3. The van der Waals surface area contributed by atoms with Crippen LogP contribution in [0.3, 0.4) is 0 Å². The van der Waals surface area contributed by atoms with E-state index in [-0.39, 0.29) is 6.08 Å². The maximum Gasteiger partial charge on any atom is 0.395 e. The second kappa shape index (κ2) is 6.49. The lowest BCUT2D eigenvalue weighted by Gasteiger charge is -2.07. The number of rotatable bonds is 3. The first-order valence-electron chi connectivity index (χ1n) is 3.62. The molecule has 0 spiro atoms. The molecule has 0 aromatic heterocycles. The van der Waals surface area contributed by atoms with E-state index in [2.05, 4.69) is 13.2 Å². The maximum atomic E-state index is 11.4. The van der Waals surface area contributed by atoms with Crippen LogP contribution in [0, 0.1) is 0 Å². The van der Waals surface area contributed by atoms with Gasteiger partial charge in [-0.05, 0) is 6.08 Å². The van der Waals surface area contributed by atoms with Crippen LogP contribution >= 0.6 is 0 Å². The van der Waals surface area contributed by atoms with Crippen molar-refractivity contribution in [3.05, 3.63) is 25.1 Å². The quantitative estimate of drug-likeness (QED) is 0.515. The van der Waals surface area contributed by atoms with Gasteiger partial charge < -0.3 is 0 Å². The fourth-order valence-corrected chi connectivity index (χ4v) is 0.307. The minimum Gasteiger partial charge on any atom is -0.212 e.